The van der Waals surface area contributed by atoms with E-state index in [9.17, 15) is 9.59 Å². The van der Waals surface area contributed by atoms with Gasteiger partial charge in [0.2, 0.25) is 0 Å². The SMILES string of the molecule is COCCc1nc2sc(C(=O)Nc3ccccc3)c(C)c2c(=O)[nH]1. The Balaban J connectivity index is 1.97. The number of aromatic nitrogens is 2. The first kappa shape index (κ1) is 16.4. The molecule has 0 aliphatic heterocycles. The molecule has 0 unspecified atom stereocenters. The van der Waals surface area contributed by atoms with Crippen molar-refractivity contribution in [1.29, 1.82) is 0 Å². The molecule has 0 atom stereocenters. The molecule has 2 heterocycles. The number of fused-ring (bicyclic) bond motifs is 1. The van der Waals surface area contributed by atoms with Gasteiger partial charge >= 0.3 is 0 Å². The maximum absolute atomic E-state index is 12.5. The fourth-order valence-electron chi connectivity index (χ4n) is 2.43. The molecule has 3 rings (SSSR count). The summed E-state index contributed by atoms with van der Waals surface area (Å²) in [4.78, 5) is 33.1. The molecule has 0 saturated carbocycles. The molecule has 2 N–H and O–H groups in total. The highest BCUT2D eigenvalue weighted by molar-refractivity contribution is 7.20. The van der Waals surface area contributed by atoms with Gasteiger partial charge in [-0.1, -0.05) is 18.2 Å². The predicted molar refractivity (Wildman–Crippen MR) is 95.0 cm³/mol. The lowest BCUT2D eigenvalue weighted by atomic mass is 10.2. The van der Waals surface area contributed by atoms with Crippen molar-refractivity contribution < 1.29 is 9.53 Å². The Labute approximate surface area is 142 Å². The van der Waals surface area contributed by atoms with Crippen LogP contribution in [0.15, 0.2) is 35.1 Å². The van der Waals surface area contributed by atoms with Crippen LogP contribution < -0.4 is 10.9 Å². The van der Waals surface area contributed by atoms with Gasteiger partial charge in [0.25, 0.3) is 11.5 Å². The van der Waals surface area contributed by atoms with Crippen molar-refractivity contribution >= 4 is 33.1 Å². The van der Waals surface area contributed by atoms with E-state index in [1.165, 1.54) is 11.3 Å². The number of anilines is 1. The molecule has 124 valence electrons. The van der Waals surface area contributed by atoms with Crippen LogP contribution in [-0.4, -0.2) is 29.6 Å². The van der Waals surface area contributed by atoms with Crippen LogP contribution in [0.2, 0.25) is 0 Å². The number of nitrogens with zero attached hydrogens (tertiary/aromatic N) is 1. The third-order valence-corrected chi connectivity index (χ3v) is 4.81. The van der Waals surface area contributed by atoms with E-state index >= 15 is 0 Å². The molecule has 1 amide bonds. The van der Waals surface area contributed by atoms with Gasteiger partial charge in [0.1, 0.15) is 10.7 Å². The van der Waals surface area contributed by atoms with Crippen LogP contribution in [0.5, 0.6) is 0 Å². The number of para-hydroxylation sites is 1. The van der Waals surface area contributed by atoms with Crippen molar-refractivity contribution in [3.05, 3.63) is 57.0 Å². The monoisotopic (exact) mass is 343 g/mol. The predicted octanol–water partition coefficient (Wildman–Crippen LogP) is 2.73. The second-order valence-electron chi connectivity index (χ2n) is 5.31. The van der Waals surface area contributed by atoms with E-state index in [4.69, 9.17) is 4.74 Å². The van der Waals surface area contributed by atoms with E-state index in [-0.39, 0.29) is 11.5 Å². The number of carbonyl (C=O) groups is 1. The van der Waals surface area contributed by atoms with Crippen LogP contribution in [0, 0.1) is 6.92 Å². The van der Waals surface area contributed by atoms with Gasteiger partial charge in [-0.2, -0.15) is 0 Å². The zero-order valence-electron chi connectivity index (χ0n) is 13.4. The number of methoxy groups -OCH3 is 1. The quantitative estimate of drug-likeness (QED) is 0.746. The molecule has 24 heavy (non-hydrogen) atoms. The average molecular weight is 343 g/mol. The highest BCUT2D eigenvalue weighted by atomic mass is 32.1. The molecule has 0 spiro atoms. The van der Waals surface area contributed by atoms with E-state index in [0.717, 1.165) is 0 Å². The normalized spacial score (nSPS) is 10.9. The van der Waals surface area contributed by atoms with E-state index < -0.39 is 0 Å². The summed E-state index contributed by atoms with van der Waals surface area (Å²) in [6.07, 6.45) is 0.518. The van der Waals surface area contributed by atoms with Crippen LogP contribution in [0.1, 0.15) is 21.1 Å². The zero-order valence-corrected chi connectivity index (χ0v) is 14.2. The van der Waals surface area contributed by atoms with Crippen LogP contribution in [-0.2, 0) is 11.2 Å². The van der Waals surface area contributed by atoms with Crippen molar-refractivity contribution in [2.24, 2.45) is 0 Å². The molecule has 3 aromatic rings. The second-order valence-corrected chi connectivity index (χ2v) is 6.31. The van der Waals surface area contributed by atoms with Crippen LogP contribution in [0.3, 0.4) is 0 Å². The van der Waals surface area contributed by atoms with Crippen LogP contribution in [0.25, 0.3) is 10.2 Å². The Hall–Kier alpha value is -2.51. The van der Waals surface area contributed by atoms with Gasteiger partial charge in [-0.3, -0.25) is 9.59 Å². The number of ether oxygens (including phenoxy) is 1. The summed E-state index contributed by atoms with van der Waals surface area (Å²) in [5.74, 6) is 0.324. The molecule has 0 fully saturated rings. The Morgan fingerprint density at radius 1 is 1.33 bits per heavy atom. The largest absolute Gasteiger partial charge is 0.384 e. The minimum atomic E-state index is -0.237. The molecule has 2 aromatic heterocycles. The maximum Gasteiger partial charge on any atom is 0.266 e. The van der Waals surface area contributed by atoms with E-state index in [2.05, 4.69) is 15.3 Å². The number of hydrogen-bond acceptors (Lipinski definition) is 5. The fraction of sp³-hybridized carbons (Fsp3) is 0.235. The average Bonchev–Trinajstić information content (AvgIpc) is 2.91. The summed E-state index contributed by atoms with van der Waals surface area (Å²) in [6.45, 7) is 2.24. The van der Waals surface area contributed by atoms with Crippen molar-refractivity contribution in [2.75, 3.05) is 19.0 Å². The summed E-state index contributed by atoms with van der Waals surface area (Å²) in [5.41, 5.74) is 1.14. The smallest absolute Gasteiger partial charge is 0.266 e. The molecule has 0 saturated heterocycles. The number of carbonyl (C=O) groups excluding carboxylic acids is 1. The molecule has 1 aromatic carbocycles. The molecule has 0 aliphatic carbocycles. The molecule has 6 nitrogen and oxygen atoms in total. The van der Waals surface area contributed by atoms with Gasteiger partial charge in [0, 0.05) is 19.2 Å². The Morgan fingerprint density at radius 2 is 2.08 bits per heavy atom. The van der Waals surface area contributed by atoms with Crippen molar-refractivity contribution in [1.82, 2.24) is 9.97 Å². The zero-order chi connectivity index (χ0) is 17.1. The van der Waals surface area contributed by atoms with Crippen molar-refractivity contribution in [3.63, 3.8) is 0 Å². The maximum atomic E-state index is 12.5. The Bertz CT molecular complexity index is 931. The molecule has 0 radical (unpaired) electrons. The minimum Gasteiger partial charge on any atom is -0.384 e. The van der Waals surface area contributed by atoms with Gasteiger partial charge in [0.15, 0.2) is 0 Å². The van der Waals surface area contributed by atoms with Gasteiger partial charge in [-0.25, -0.2) is 4.98 Å². The van der Waals surface area contributed by atoms with E-state index in [1.54, 1.807) is 14.0 Å². The minimum absolute atomic E-state index is 0.224. The lowest BCUT2D eigenvalue weighted by Gasteiger charge is -2.03. The summed E-state index contributed by atoms with van der Waals surface area (Å²) in [7, 11) is 1.60. The van der Waals surface area contributed by atoms with Gasteiger partial charge < -0.3 is 15.0 Å². The molecule has 0 bridgehead atoms. The number of aryl methyl sites for hydroxylation is 1. The summed E-state index contributed by atoms with van der Waals surface area (Å²) in [5, 5.41) is 3.31. The number of nitrogens with one attached hydrogen (secondary N) is 2. The van der Waals surface area contributed by atoms with Gasteiger partial charge in [-0.15, -0.1) is 11.3 Å². The van der Waals surface area contributed by atoms with Crippen LogP contribution in [0.4, 0.5) is 5.69 Å². The summed E-state index contributed by atoms with van der Waals surface area (Å²) in [6, 6.07) is 9.21. The number of rotatable bonds is 5. The lowest BCUT2D eigenvalue weighted by Crippen LogP contribution is -2.14. The first-order valence-corrected chi connectivity index (χ1v) is 8.29. The third kappa shape index (κ3) is 3.22. The Kier molecular flexibility index (Phi) is 4.73. The molecular weight excluding hydrogens is 326 g/mol. The first-order chi connectivity index (χ1) is 11.6. The summed E-state index contributed by atoms with van der Waals surface area (Å²) >= 11 is 1.23. The van der Waals surface area contributed by atoms with Gasteiger partial charge in [0.05, 0.1) is 16.9 Å². The number of aromatic amines is 1. The van der Waals surface area contributed by atoms with Crippen molar-refractivity contribution in [3.8, 4) is 0 Å². The topological polar surface area (TPSA) is 84.1 Å². The van der Waals surface area contributed by atoms with E-state index in [1.807, 2.05) is 30.3 Å². The number of thiophene rings is 1. The second kappa shape index (κ2) is 6.94. The van der Waals surface area contributed by atoms with Gasteiger partial charge in [-0.05, 0) is 24.6 Å². The van der Waals surface area contributed by atoms with E-state index in [0.29, 0.717) is 45.2 Å². The first-order valence-electron chi connectivity index (χ1n) is 7.47. The highest BCUT2D eigenvalue weighted by Gasteiger charge is 2.19. The molecular formula is C17H17N3O3S. The van der Waals surface area contributed by atoms with Crippen LogP contribution >= 0.6 is 11.3 Å². The number of hydrogen-bond donors (Lipinski definition) is 2. The number of H-pyrrole nitrogens is 1. The molecule has 7 heteroatoms. The Morgan fingerprint density at radius 3 is 2.79 bits per heavy atom. The number of amides is 1. The lowest BCUT2D eigenvalue weighted by molar-refractivity contribution is 0.103. The van der Waals surface area contributed by atoms with Crippen molar-refractivity contribution in [2.45, 2.75) is 13.3 Å². The standard InChI is InChI=1S/C17H17N3O3S/c1-10-13-15(21)19-12(8-9-23-2)20-17(13)24-14(10)16(22)18-11-6-4-3-5-7-11/h3-7H,8-9H2,1-2H3,(H,18,22)(H,19,20,21). The fourth-order valence-corrected chi connectivity index (χ4v) is 3.53. The highest BCUT2D eigenvalue weighted by Crippen LogP contribution is 2.27. The number of benzene rings is 1. The third-order valence-electron chi connectivity index (χ3n) is 3.63. The summed E-state index contributed by atoms with van der Waals surface area (Å²) < 4.78 is 5.01. The molecule has 0 aliphatic rings.